The molecule has 0 aliphatic carbocycles. The van der Waals surface area contributed by atoms with Crippen molar-refractivity contribution < 1.29 is 13.9 Å². The van der Waals surface area contributed by atoms with E-state index in [0.717, 1.165) is 22.2 Å². The molecule has 0 amide bonds. The number of carbonyl (C=O) groups is 1. The molecule has 32 heavy (non-hydrogen) atoms. The van der Waals surface area contributed by atoms with Crippen molar-refractivity contribution in [1.29, 1.82) is 0 Å². The predicted molar refractivity (Wildman–Crippen MR) is 122 cm³/mol. The lowest BCUT2D eigenvalue weighted by Crippen LogP contribution is -2.28. The molecule has 8 heteroatoms. The highest BCUT2D eigenvalue weighted by atomic mass is 35.5. The number of nitrogens with one attached hydrogen (secondary N) is 1. The third kappa shape index (κ3) is 3.67. The summed E-state index contributed by atoms with van der Waals surface area (Å²) in [7, 11) is 0. The maximum atomic E-state index is 14.0. The highest BCUT2D eigenvalue weighted by Crippen LogP contribution is 2.34. The first-order valence-electron chi connectivity index (χ1n) is 10.4. The molecule has 5 rings (SSSR count). The Morgan fingerprint density at radius 1 is 1.38 bits per heavy atom. The van der Waals surface area contributed by atoms with Gasteiger partial charge in [-0.25, -0.2) is 0 Å². The molecule has 0 saturated heterocycles. The highest BCUT2D eigenvalue weighted by molar-refractivity contribution is 6.30. The summed E-state index contributed by atoms with van der Waals surface area (Å²) < 4.78 is 21.9. The number of hydrogen-bond acceptors (Lipinski definition) is 4. The van der Waals surface area contributed by atoms with Gasteiger partial charge in [0.05, 0.1) is 24.3 Å². The van der Waals surface area contributed by atoms with Crippen LogP contribution in [0.25, 0.3) is 22.0 Å². The Kier molecular flexibility index (Phi) is 5.23. The number of nitrogens with zero attached hydrogens (tertiary/aromatic N) is 2. The van der Waals surface area contributed by atoms with Gasteiger partial charge in [-0.2, -0.15) is 9.49 Å². The van der Waals surface area contributed by atoms with Crippen LogP contribution in [0.4, 0.5) is 4.39 Å². The van der Waals surface area contributed by atoms with Crippen molar-refractivity contribution in [3.05, 3.63) is 70.9 Å². The number of hydrogen-bond donors (Lipinski definition) is 2. The van der Waals surface area contributed by atoms with Crippen LogP contribution < -0.4 is 10.5 Å². The number of halogens is 2. The summed E-state index contributed by atoms with van der Waals surface area (Å²) in [5.74, 6) is -0.0418. The SMILES string of the molecule is C[C@H](N)Cn1cc(C(=O)C2COc3ccc(Cl)cc3C2)c2ccc(-c3cn[nH]c3F)cc21. The summed E-state index contributed by atoms with van der Waals surface area (Å²) in [6.07, 6.45) is 3.86. The predicted octanol–water partition coefficient (Wildman–Crippen LogP) is 4.61. The van der Waals surface area contributed by atoms with Gasteiger partial charge < -0.3 is 15.0 Å². The number of Topliss-reactive ketones (excluding diaryl/α,β-unsaturated/α-hetero) is 1. The minimum atomic E-state index is -0.498. The van der Waals surface area contributed by atoms with Crippen molar-refractivity contribution in [2.75, 3.05) is 6.61 Å². The zero-order valence-electron chi connectivity index (χ0n) is 17.4. The van der Waals surface area contributed by atoms with Crippen molar-refractivity contribution >= 4 is 28.3 Å². The molecule has 1 aliphatic rings. The maximum absolute atomic E-state index is 14.0. The number of aromatic nitrogens is 3. The van der Waals surface area contributed by atoms with Crippen molar-refractivity contribution in [3.8, 4) is 16.9 Å². The lowest BCUT2D eigenvalue weighted by molar-refractivity contribution is 0.0856. The minimum absolute atomic E-state index is 0.00583. The van der Waals surface area contributed by atoms with Gasteiger partial charge >= 0.3 is 0 Å². The third-order valence-electron chi connectivity index (χ3n) is 5.84. The summed E-state index contributed by atoms with van der Waals surface area (Å²) in [5.41, 5.74) is 9.47. The van der Waals surface area contributed by atoms with Gasteiger partial charge in [0, 0.05) is 40.3 Å². The van der Waals surface area contributed by atoms with Gasteiger partial charge in [-0.3, -0.25) is 9.89 Å². The van der Waals surface area contributed by atoms with Crippen LogP contribution in [0, 0.1) is 11.9 Å². The van der Waals surface area contributed by atoms with E-state index in [9.17, 15) is 9.18 Å². The molecular formula is C24H22ClFN4O2. The van der Waals surface area contributed by atoms with E-state index in [0.29, 0.717) is 41.3 Å². The number of rotatable bonds is 5. The lowest BCUT2D eigenvalue weighted by atomic mass is 9.89. The van der Waals surface area contributed by atoms with Gasteiger partial charge in [-0.1, -0.05) is 23.7 Å². The quantitative estimate of drug-likeness (QED) is 0.433. The molecule has 6 nitrogen and oxygen atoms in total. The number of ether oxygens (including phenoxy) is 1. The molecule has 2 atom stereocenters. The Bertz CT molecular complexity index is 1330. The summed E-state index contributed by atoms with van der Waals surface area (Å²) in [6, 6.07) is 10.9. The summed E-state index contributed by atoms with van der Waals surface area (Å²) >= 11 is 6.13. The van der Waals surface area contributed by atoms with Crippen LogP contribution in [0.2, 0.25) is 5.02 Å². The summed E-state index contributed by atoms with van der Waals surface area (Å²) in [4.78, 5) is 13.5. The van der Waals surface area contributed by atoms with Crippen LogP contribution in [-0.2, 0) is 13.0 Å². The molecule has 3 N–H and O–H groups in total. The molecule has 0 spiro atoms. The first-order chi connectivity index (χ1) is 15.4. The van der Waals surface area contributed by atoms with Crippen LogP contribution in [0.15, 0.2) is 48.8 Å². The van der Waals surface area contributed by atoms with Crippen LogP contribution in [0.1, 0.15) is 22.8 Å². The van der Waals surface area contributed by atoms with Crippen molar-refractivity contribution in [2.24, 2.45) is 11.7 Å². The van der Waals surface area contributed by atoms with E-state index in [4.69, 9.17) is 22.1 Å². The molecule has 0 bridgehead atoms. The van der Waals surface area contributed by atoms with Gasteiger partial charge in [0.15, 0.2) is 5.78 Å². The van der Waals surface area contributed by atoms with E-state index in [2.05, 4.69) is 10.2 Å². The first-order valence-corrected chi connectivity index (χ1v) is 10.8. The molecule has 1 aliphatic heterocycles. The number of nitrogens with two attached hydrogens (primary N) is 1. The van der Waals surface area contributed by atoms with Crippen LogP contribution in [0.3, 0.4) is 0 Å². The normalized spacial score (nSPS) is 16.6. The molecular weight excluding hydrogens is 431 g/mol. The fourth-order valence-corrected chi connectivity index (χ4v) is 4.53. The molecule has 1 unspecified atom stereocenters. The van der Waals surface area contributed by atoms with E-state index in [1.807, 2.05) is 42.0 Å². The second-order valence-corrected chi connectivity index (χ2v) is 8.77. The zero-order valence-corrected chi connectivity index (χ0v) is 18.2. The fourth-order valence-electron chi connectivity index (χ4n) is 4.34. The molecule has 4 aromatic rings. The second-order valence-electron chi connectivity index (χ2n) is 8.33. The Morgan fingerprint density at radius 2 is 2.22 bits per heavy atom. The molecule has 3 heterocycles. The van der Waals surface area contributed by atoms with E-state index in [1.54, 1.807) is 12.1 Å². The van der Waals surface area contributed by atoms with E-state index < -0.39 is 5.95 Å². The van der Waals surface area contributed by atoms with Crippen molar-refractivity contribution in [2.45, 2.75) is 25.9 Å². The van der Waals surface area contributed by atoms with Crippen molar-refractivity contribution in [3.63, 3.8) is 0 Å². The number of benzene rings is 2. The van der Waals surface area contributed by atoms with Gasteiger partial charge in [0.2, 0.25) is 5.95 Å². The Hall–Kier alpha value is -3.16. The fraction of sp³-hybridized carbons (Fsp3) is 0.250. The zero-order chi connectivity index (χ0) is 22.4. The number of fused-ring (bicyclic) bond motifs is 2. The number of H-pyrrole nitrogens is 1. The first kappa shape index (κ1) is 20.7. The summed E-state index contributed by atoms with van der Waals surface area (Å²) in [5, 5.41) is 7.51. The Balaban J connectivity index is 1.55. The second kappa shape index (κ2) is 8.07. The van der Waals surface area contributed by atoms with Crippen LogP contribution >= 0.6 is 11.6 Å². The van der Waals surface area contributed by atoms with Gasteiger partial charge in [-0.05, 0) is 48.7 Å². The van der Waals surface area contributed by atoms with Crippen molar-refractivity contribution in [1.82, 2.24) is 14.8 Å². The van der Waals surface area contributed by atoms with Gasteiger partial charge in [-0.15, -0.1) is 0 Å². The largest absolute Gasteiger partial charge is 0.493 e. The smallest absolute Gasteiger partial charge is 0.216 e. The summed E-state index contributed by atoms with van der Waals surface area (Å²) in [6.45, 7) is 2.75. The lowest BCUT2D eigenvalue weighted by Gasteiger charge is -2.24. The van der Waals surface area contributed by atoms with Crippen LogP contribution in [0.5, 0.6) is 5.75 Å². The molecule has 164 valence electrons. The Morgan fingerprint density at radius 3 is 2.97 bits per heavy atom. The third-order valence-corrected chi connectivity index (χ3v) is 6.07. The monoisotopic (exact) mass is 452 g/mol. The number of ketones is 1. The standard InChI is InChI=1S/C24H22ClFN4O2/c1-13(27)10-30-11-20(18-4-2-14(8-21(18)30)19-9-28-29-24(19)26)23(31)16-6-15-7-17(25)3-5-22(15)32-12-16/h2-5,7-9,11,13,16H,6,10,12,27H2,1H3,(H,28,29)/t13-,16?/m0/s1. The molecule has 0 saturated carbocycles. The van der Waals surface area contributed by atoms with E-state index in [-0.39, 0.29) is 17.7 Å². The Labute approximate surface area is 189 Å². The highest BCUT2D eigenvalue weighted by Gasteiger charge is 2.29. The van der Waals surface area contributed by atoms with Gasteiger partial charge in [0.25, 0.3) is 0 Å². The minimum Gasteiger partial charge on any atom is -0.493 e. The molecule has 0 radical (unpaired) electrons. The van der Waals surface area contributed by atoms with E-state index in [1.165, 1.54) is 6.20 Å². The molecule has 2 aromatic heterocycles. The van der Waals surface area contributed by atoms with Crippen LogP contribution in [-0.4, -0.2) is 33.2 Å². The average Bonchev–Trinajstić information content (AvgIpc) is 3.35. The number of aromatic amines is 1. The average molecular weight is 453 g/mol. The maximum Gasteiger partial charge on any atom is 0.216 e. The molecule has 2 aromatic carbocycles. The number of carbonyl (C=O) groups excluding carboxylic acids is 1. The van der Waals surface area contributed by atoms with E-state index >= 15 is 0 Å². The topological polar surface area (TPSA) is 85.9 Å². The molecule has 0 fully saturated rings. The van der Waals surface area contributed by atoms with Gasteiger partial charge in [0.1, 0.15) is 5.75 Å².